The lowest BCUT2D eigenvalue weighted by Gasteiger charge is -2.26. The molecule has 2 aromatic rings. The quantitative estimate of drug-likeness (QED) is 0.827. The van der Waals surface area contributed by atoms with Gasteiger partial charge in [-0.1, -0.05) is 29.8 Å². The average Bonchev–Trinajstić information content (AvgIpc) is 2.90. The van der Waals surface area contributed by atoms with Crippen LogP contribution in [-0.4, -0.2) is 17.5 Å². The number of hydrogen-bond donors (Lipinski definition) is 1. The highest BCUT2D eigenvalue weighted by Gasteiger charge is 2.25. The molecule has 1 aliphatic heterocycles. The maximum Gasteiger partial charge on any atom is 0.263 e. The van der Waals surface area contributed by atoms with E-state index in [0.29, 0.717) is 17.4 Å². The number of carbonyl (C=O) groups is 1. The molecular weight excluding hydrogens is 376 g/mol. The van der Waals surface area contributed by atoms with Gasteiger partial charge in [-0.05, 0) is 25.1 Å². The van der Waals surface area contributed by atoms with Gasteiger partial charge in [0, 0.05) is 22.4 Å². The lowest BCUT2D eigenvalue weighted by molar-refractivity contribution is 0.0928. The molecule has 0 spiro atoms. The van der Waals surface area contributed by atoms with Gasteiger partial charge in [0.1, 0.15) is 10.6 Å². The molecule has 1 amide bonds. The SMILES string of the molecule is Cc1nc(C(C)C)sc1C(=O)NC1CCOc2ccc(Br)cc21. The van der Waals surface area contributed by atoms with Crippen LogP contribution in [0.5, 0.6) is 5.75 Å². The number of thiazole rings is 1. The third-order valence-electron chi connectivity index (χ3n) is 3.83. The van der Waals surface area contributed by atoms with E-state index in [4.69, 9.17) is 4.74 Å². The van der Waals surface area contributed by atoms with Crippen molar-refractivity contribution in [3.8, 4) is 5.75 Å². The van der Waals surface area contributed by atoms with Crippen molar-refractivity contribution in [1.29, 1.82) is 0 Å². The molecule has 1 aromatic carbocycles. The Morgan fingerprint density at radius 1 is 1.48 bits per heavy atom. The molecule has 122 valence electrons. The Morgan fingerprint density at radius 3 is 2.96 bits per heavy atom. The maximum atomic E-state index is 12.7. The van der Waals surface area contributed by atoms with Crippen molar-refractivity contribution < 1.29 is 9.53 Å². The zero-order valence-electron chi connectivity index (χ0n) is 13.4. The fourth-order valence-electron chi connectivity index (χ4n) is 2.61. The summed E-state index contributed by atoms with van der Waals surface area (Å²) in [5.74, 6) is 1.12. The molecule has 0 bridgehead atoms. The largest absolute Gasteiger partial charge is 0.493 e. The van der Waals surface area contributed by atoms with Gasteiger partial charge in [-0.25, -0.2) is 4.98 Å². The molecule has 1 unspecified atom stereocenters. The van der Waals surface area contributed by atoms with E-state index in [1.807, 2.05) is 25.1 Å². The zero-order valence-corrected chi connectivity index (χ0v) is 15.8. The lowest BCUT2D eigenvalue weighted by Crippen LogP contribution is -2.32. The monoisotopic (exact) mass is 394 g/mol. The maximum absolute atomic E-state index is 12.7. The lowest BCUT2D eigenvalue weighted by atomic mass is 10.0. The van der Waals surface area contributed by atoms with Crippen LogP contribution in [0.25, 0.3) is 0 Å². The molecule has 1 aliphatic rings. The van der Waals surface area contributed by atoms with Crippen molar-refractivity contribution in [3.63, 3.8) is 0 Å². The molecule has 0 aliphatic carbocycles. The van der Waals surface area contributed by atoms with Crippen molar-refractivity contribution in [1.82, 2.24) is 10.3 Å². The van der Waals surface area contributed by atoms with Gasteiger partial charge >= 0.3 is 0 Å². The highest BCUT2D eigenvalue weighted by atomic mass is 79.9. The van der Waals surface area contributed by atoms with E-state index in [2.05, 4.69) is 40.1 Å². The number of rotatable bonds is 3. The second-order valence-electron chi connectivity index (χ2n) is 5.97. The zero-order chi connectivity index (χ0) is 16.6. The van der Waals surface area contributed by atoms with Crippen LogP contribution in [-0.2, 0) is 0 Å². The molecule has 1 N–H and O–H groups in total. The predicted octanol–water partition coefficient (Wildman–Crippen LogP) is 4.59. The smallest absolute Gasteiger partial charge is 0.263 e. The summed E-state index contributed by atoms with van der Waals surface area (Å²) in [5, 5.41) is 4.14. The Morgan fingerprint density at radius 2 is 2.26 bits per heavy atom. The van der Waals surface area contributed by atoms with Crippen LogP contribution < -0.4 is 10.1 Å². The van der Waals surface area contributed by atoms with Gasteiger partial charge in [0.15, 0.2) is 0 Å². The predicted molar refractivity (Wildman–Crippen MR) is 95.4 cm³/mol. The topological polar surface area (TPSA) is 51.2 Å². The summed E-state index contributed by atoms with van der Waals surface area (Å²) in [6, 6.07) is 5.86. The van der Waals surface area contributed by atoms with Crippen LogP contribution in [0.1, 0.15) is 58.2 Å². The van der Waals surface area contributed by atoms with Gasteiger partial charge in [0.05, 0.1) is 23.4 Å². The fraction of sp³-hybridized carbons (Fsp3) is 0.412. The highest BCUT2D eigenvalue weighted by molar-refractivity contribution is 9.10. The van der Waals surface area contributed by atoms with Crippen LogP contribution in [0.4, 0.5) is 0 Å². The van der Waals surface area contributed by atoms with Gasteiger partial charge in [-0.15, -0.1) is 11.3 Å². The molecule has 3 rings (SSSR count). The number of amides is 1. The molecule has 6 heteroatoms. The molecule has 4 nitrogen and oxygen atoms in total. The minimum absolute atomic E-state index is 0.0345. The van der Waals surface area contributed by atoms with Crippen LogP contribution >= 0.6 is 27.3 Å². The van der Waals surface area contributed by atoms with Crippen molar-refractivity contribution in [3.05, 3.63) is 43.8 Å². The third-order valence-corrected chi connectivity index (χ3v) is 5.78. The molecule has 0 saturated carbocycles. The number of carbonyl (C=O) groups excluding carboxylic acids is 1. The second kappa shape index (κ2) is 6.61. The summed E-state index contributed by atoms with van der Waals surface area (Å²) in [7, 11) is 0. The van der Waals surface area contributed by atoms with Gasteiger partial charge in [-0.3, -0.25) is 4.79 Å². The van der Waals surface area contributed by atoms with E-state index in [9.17, 15) is 4.79 Å². The van der Waals surface area contributed by atoms with Crippen molar-refractivity contribution in [2.24, 2.45) is 0 Å². The number of nitrogens with zero attached hydrogens (tertiary/aromatic N) is 1. The standard InChI is InChI=1S/C17H19BrN2O2S/c1-9(2)17-19-10(3)15(23-17)16(21)20-13-6-7-22-14-5-4-11(18)8-12(13)14/h4-5,8-9,13H,6-7H2,1-3H3,(H,20,21). The molecule has 23 heavy (non-hydrogen) atoms. The van der Waals surface area contributed by atoms with Crippen molar-refractivity contribution >= 4 is 33.2 Å². The Bertz CT molecular complexity index is 742. The first-order chi connectivity index (χ1) is 11.0. The Balaban J connectivity index is 1.83. The number of aromatic nitrogens is 1. The van der Waals surface area contributed by atoms with E-state index in [-0.39, 0.29) is 11.9 Å². The first kappa shape index (κ1) is 16.5. The Hall–Kier alpha value is -1.40. The first-order valence-corrected chi connectivity index (χ1v) is 9.27. The van der Waals surface area contributed by atoms with E-state index in [0.717, 1.165) is 32.9 Å². The van der Waals surface area contributed by atoms with Crippen LogP contribution in [0.2, 0.25) is 0 Å². The molecular formula is C17H19BrN2O2S. The highest BCUT2D eigenvalue weighted by Crippen LogP contribution is 2.34. The van der Waals surface area contributed by atoms with Gasteiger partial charge in [-0.2, -0.15) is 0 Å². The van der Waals surface area contributed by atoms with Crippen molar-refractivity contribution in [2.45, 2.75) is 39.2 Å². The Labute approximate surface area is 148 Å². The number of benzene rings is 1. The molecule has 0 fully saturated rings. The number of aryl methyl sites for hydroxylation is 1. The normalized spacial score (nSPS) is 16.8. The van der Waals surface area contributed by atoms with Crippen LogP contribution in [0, 0.1) is 6.92 Å². The van der Waals surface area contributed by atoms with E-state index >= 15 is 0 Å². The first-order valence-electron chi connectivity index (χ1n) is 7.66. The number of fused-ring (bicyclic) bond motifs is 1. The molecule has 0 saturated heterocycles. The van der Waals surface area contributed by atoms with Crippen LogP contribution in [0.3, 0.4) is 0 Å². The second-order valence-corrected chi connectivity index (χ2v) is 7.91. The fourth-order valence-corrected chi connectivity index (χ4v) is 3.97. The van der Waals surface area contributed by atoms with Crippen LogP contribution in [0.15, 0.2) is 22.7 Å². The molecule has 1 aromatic heterocycles. The third kappa shape index (κ3) is 3.43. The molecule has 2 heterocycles. The van der Waals surface area contributed by atoms with Gasteiger partial charge in [0.2, 0.25) is 0 Å². The summed E-state index contributed by atoms with van der Waals surface area (Å²) < 4.78 is 6.66. The molecule has 0 radical (unpaired) electrons. The van der Waals surface area contributed by atoms with E-state index in [1.165, 1.54) is 11.3 Å². The van der Waals surface area contributed by atoms with Crippen molar-refractivity contribution in [2.75, 3.05) is 6.61 Å². The minimum Gasteiger partial charge on any atom is -0.493 e. The van der Waals surface area contributed by atoms with Gasteiger partial charge < -0.3 is 10.1 Å². The summed E-state index contributed by atoms with van der Waals surface area (Å²) in [6.45, 7) is 6.68. The molecule has 1 atom stereocenters. The number of nitrogens with one attached hydrogen (secondary N) is 1. The number of halogens is 1. The number of ether oxygens (including phenoxy) is 1. The average molecular weight is 395 g/mol. The summed E-state index contributed by atoms with van der Waals surface area (Å²) in [4.78, 5) is 17.9. The van der Waals surface area contributed by atoms with E-state index < -0.39 is 0 Å². The minimum atomic E-state index is -0.0512. The summed E-state index contributed by atoms with van der Waals surface area (Å²) in [6.07, 6.45) is 0.768. The summed E-state index contributed by atoms with van der Waals surface area (Å²) in [5.41, 5.74) is 1.82. The van der Waals surface area contributed by atoms with Gasteiger partial charge in [0.25, 0.3) is 5.91 Å². The number of hydrogen-bond acceptors (Lipinski definition) is 4. The Kier molecular flexibility index (Phi) is 4.73. The van der Waals surface area contributed by atoms with E-state index in [1.54, 1.807) is 0 Å². The summed E-state index contributed by atoms with van der Waals surface area (Å²) >= 11 is 4.97.